The van der Waals surface area contributed by atoms with Crippen LogP contribution < -0.4 is 10.6 Å². The van der Waals surface area contributed by atoms with Crippen LogP contribution in [0.1, 0.15) is 57.7 Å². The standard InChI is InChI=1S/C22H40N6O/c1-3-23-21(25-11-7-8-13-27-14-12-24-20(27)2)26-19-22(9-5-4-6-10-22)28-15-17-29-18-16-28/h12,14H,3-11,13,15-19H2,1-2H3,(H2,23,25,26). The lowest BCUT2D eigenvalue weighted by molar-refractivity contribution is -0.0333. The SMILES string of the molecule is CCNC(=NCC1(N2CCOCC2)CCCCC1)NCCCCn1ccnc1C. The number of aryl methyl sites for hydroxylation is 2. The van der Waals surface area contributed by atoms with Crippen LogP contribution >= 0.6 is 0 Å². The second-order valence-corrected chi connectivity index (χ2v) is 8.38. The normalized spacial score (nSPS) is 20.6. The number of morpholine rings is 1. The van der Waals surface area contributed by atoms with E-state index in [1.807, 2.05) is 6.20 Å². The molecule has 2 N–H and O–H groups in total. The lowest BCUT2D eigenvalue weighted by atomic mass is 9.80. The first-order chi connectivity index (χ1) is 14.2. The second kappa shape index (κ2) is 11.6. The molecule has 2 aliphatic rings. The number of aromatic nitrogens is 2. The summed E-state index contributed by atoms with van der Waals surface area (Å²) in [5.41, 5.74) is 0.226. The van der Waals surface area contributed by atoms with Crippen LogP contribution in [0.3, 0.4) is 0 Å². The average Bonchev–Trinajstić information content (AvgIpc) is 3.17. The summed E-state index contributed by atoms with van der Waals surface area (Å²) in [6.45, 7) is 11.8. The fourth-order valence-electron chi connectivity index (χ4n) is 4.64. The van der Waals surface area contributed by atoms with Crippen molar-refractivity contribution in [3.05, 3.63) is 18.2 Å². The second-order valence-electron chi connectivity index (χ2n) is 8.38. The van der Waals surface area contributed by atoms with E-state index < -0.39 is 0 Å². The van der Waals surface area contributed by atoms with Gasteiger partial charge in [0.05, 0.1) is 19.8 Å². The number of imidazole rings is 1. The average molecular weight is 405 g/mol. The fraction of sp³-hybridized carbons (Fsp3) is 0.818. The van der Waals surface area contributed by atoms with Crippen LogP contribution in [-0.2, 0) is 11.3 Å². The molecule has 0 atom stereocenters. The van der Waals surface area contributed by atoms with Crippen molar-refractivity contribution in [3.8, 4) is 0 Å². The molecular weight excluding hydrogens is 364 g/mol. The summed E-state index contributed by atoms with van der Waals surface area (Å²) in [7, 11) is 0. The maximum Gasteiger partial charge on any atom is 0.191 e. The van der Waals surface area contributed by atoms with E-state index in [0.717, 1.165) is 77.1 Å². The van der Waals surface area contributed by atoms with Crippen molar-refractivity contribution in [1.29, 1.82) is 0 Å². The van der Waals surface area contributed by atoms with E-state index in [1.54, 1.807) is 0 Å². The summed E-state index contributed by atoms with van der Waals surface area (Å²) in [5.74, 6) is 2.05. The van der Waals surface area contributed by atoms with Gasteiger partial charge in [0.15, 0.2) is 5.96 Å². The molecule has 1 saturated heterocycles. The van der Waals surface area contributed by atoms with Crippen molar-refractivity contribution in [2.75, 3.05) is 45.9 Å². The van der Waals surface area contributed by atoms with Gasteiger partial charge in [0.25, 0.3) is 0 Å². The molecule has 29 heavy (non-hydrogen) atoms. The number of guanidine groups is 1. The molecular formula is C22H40N6O. The Labute approximate surface area is 176 Å². The van der Waals surface area contributed by atoms with E-state index in [1.165, 1.54) is 32.1 Å². The van der Waals surface area contributed by atoms with Crippen LogP contribution in [0, 0.1) is 6.92 Å². The van der Waals surface area contributed by atoms with Gasteiger partial charge in [0.1, 0.15) is 5.82 Å². The van der Waals surface area contributed by atoms with Gasteiger partial charge in [-0.05, 0) is 39.5 Å². The Morgan fingerprint density at radius 1 is 1.17 bits per heavy atom. The lowest BCUT2D eigenvalue weighted by Crippen LogP contribution is -2.56. The van der Waals surface area contributed by atoms with Gasteiger partial charge in [-0.1, -0.05) is 19.3 Å². The molecule has 1 saturated carbocycles. The highest BCUT2D eigenvalue weighted by molar-refractivity contribution is 5.79. The van der Waals surface area contributed by atoms with E-state index >= 15 is 0 Å². The van der Waals surface area contributed by atoms with Crippen molar-refractivity contribution in [3.63, 3.8) is 0 Å². The number of unbranched alkanes of at least 4 members (excludes halogenated alkanes) is 1. The molecule has 0 unspecified atom stereocenters. The highest BCUT2D eigenvalue weighted by Crippen LogP contribution is 2.34. The third-order valence-corrected chi connectivity index (χ3v) is 6.38. The van der Waals surface area contributed by atoms with Gasteiger partial charge < -0.3 is 19.9 Å². The molecule has 2 heterocycles. The maximum atomic E-state index is 5.60. The first kappa shape index (κ1) is 22.1. The Bertz CT molecular complexity index is 617. The molecule has 1 aliphatic heterocycles. The van der Waals surface area contributed by atoms with E-state index in [0.29, 0.717) is 0 Å². The third-order valence-electron chi connectivity index (χ3n) is 6.38. The van der Waals surface area contributed by atoms with Crippen molar-refractivity contribution >= 4 is 5.96 Å². The number of aliphatic imine (C=N–C) groups is 1. The van der Waals surface area contributed by atoms with Gasteiger partial charge >= 0.3 is 0 Å². The zero-order chi connectivity index (χ0) is 20.4. The van der Waals surface area contributed by atoms with Crippen molar-refractivity contribution in [2.24, 2.45) is 4.99 Å². The largest absolute Gasteiger partial charge is 0.379 e. The third kappa shape index (κ3) is 6.44. The molecule has 7 heteroatoms. The van der Waals surface area contributed by atoms with Gasteiger partial charge in [0, 0.05) is 50.7 Å². The summed E-state index contributed by atoms with van der Waals surface area (Å²) < 4.78 is 7.82. The molecule has 1 aliphatic carbocycles. The minimum atomic E-state index is 0.226. The van der Waals surface area contributed by atoms with Crippen LogP contribution in [-0.4, -0.2) is 71.9 Å². The highest BCUT2D eigenvalue weighted by Gasteiger charge is 2.38. The van der Waals surface area contributed by atoms with Crippen LogP contribution in [0.5, 0.6) is 0 Å². The highest BCUT2D eigenvalue weighted by atomic mass is 16.5. The van der Waals surface area contributed by atoms with E-state index in [4.69, 9.17) is 9.73 Å². The predicted octanol–water partition coefficient (Wildman–Crippen LogP) is 2.56. The van der Waals surface area contributed by atoms with Crippen molar-refractivity contribution in [2.45, 2.75) is 70.9 Å². The quantitative estimate of drug-likeness (QED) is 0.376. The number of nitrogens with one attached hydrogen (secondary N) is 2. The Hall–Kier alpha value is -1.60. The van der Waals surface area contributed by atoms with Gasteiger partial charge in [-0.15, -0.1) is 0 Å². The minimum absolute atomic E-state index is 0.226. The number of hydrogen-bond acceptors (Lipinski definition) is 4. The molecule has 3 rings (SSSR count). The van der Waals surface area contributed by atoms with Crippen molar-refractivity contribution < 1.29 is 4.74 Å². The van der Waals surface area contributed by atoms with Crippen molar-refractivity contribution in [1.82, 2.24) is 25.1 Å². The molecule has 0 radical (unpaired) electrons. The fourth-order valence-corrected chi connectivity index (χ4v) is 4.64. The molecule has 0 spiro atoms. The Kier molecular flexibility index (Phi) is 8.80. The summed E-state index contributed by atoms with van der Waals surface area (Å²) in [6.07, 6.45) is 12.7. The smallest absolute Gasteiger partial charge is 0.191 e. The molecule has 0 bridgehead atoms. The van der Waals surface area contributed by atoms with Crippen LogP contribution in [0.25, 0.3) is 0 Å². The summed E-state index contributed by atoms with van der Waals surface area (Å²) >= 11 is 0. The van der Waals surface area contributed by atoms with Crippen LogP contribution in [0.4, 0.5) is 0 Å². The number of nitrogens with zero attached hydrogens (tertiary/aromatic N) is 4. The molecule has 2 fully saturated rings. The zero-order valence-corrected chi connectivity index (χ0v) is 18.5. The number of ether oxygens (including phenoxy) is 1. The summed E-state index contributed by atoms with van der Waals surface area (Å²) in [6, 6.07) is 0. The summed E-state index contributed by atoms with van der Waals surface area (Å²) in [5, 5.41) is 6.98. The minimum Gasteiger partial charge on any atom is -0.379 e. The van der Waals surface area contributed by atoms with Crippen LogP contribution in [0.15, 0.2) is 17.4 Å². The predicted molar refractivity (Wildman–Crippen MR) is 118 cm³/mol. The van der Waals surface area contributed by atoms with Gasteiger partial charge in [-0.2, -0.15) is 0 Å². The molecule has 0 aromatic carbocycles. The monoisotopic (exact) mass is 404 g/mol. The van der Waals surface area contributed by atoms with Crippen LogP contribution in [0.2, 0.25) is 0 Å². The molecule has 164 valence electrons. The molecule has 0 amide bonds. The first-order valence-corrected chi connectivity index (χ1v) is 11.6. The van der Waals surface area contributed by atoms with Gasteiger partial charge in [-0.3, -0.25) is 9.89 Å². The van der Waals surface area contributed by atoms with Gasteiger partial charge in [0.2, 0.25) is 0 Å². The van der Waals surface area contributed by atoms with Gasteiger partial charge in [-0.25, -0.2) is 4.98 Å². The topological polar surface area (TPSA) is 66.7 Å². The lowest BCUT2D eigenvalue weighted by Gasteiger charge is -2.47. The molecule has 1 aromatic heterocycles. The molecule has 1 aromatic rings. The summed E-state index contributed by atoms with van der Waals surface area (Å²) in [4.78, 5) is 12.0. The van der Waals surface area contributed by atoms with E-state index in [-0.39, 0.29) is 5.54 Å². The Morgan fingerprint density at radius 2 is 1.97 bits per heavy atom. The Balaban J connectivity index is 1.50. The first-order valence-electron chi connectivity index (χ1n) is 11.6. The number of hydrogen-bond donors (Lipinski definition) is 2. The zero-order valence-electron chi connectivity index (χ0n) is 18.5. The van der Waals surface area contributed by atoms with E-state index in [9.17, 15) is 0 Å². The maximum absolute atomic E-state index is 5.60. The van der Waals surface area contributed by atoms with E-state index in [2.05, 4.69) is 45.1 Å². The molecule has 7 nitrogen and oxygen atoms in total. The number of rotatable bonds is 9. The Morgan fingerprint density at radius 3 is 2.66 bits per heavy atom.